The van der Waals surface area contributed by atoms with E-state index >= 15 is 0 Å². The third-order valence-electron chi connectivity index (χ3n) is 3.03. The molecular formula is C13H18F3N3S. The van der Waals surface area contributed by atoms with Crippen molar-refractivity contribution in [1.29, 1.82) is 0 Å². The normalized spacial score (nSPS) is 16.3. The Bertz CT molecular complexity index is 445. The van der Waals surface area contributed by atoms with Gasteiger partial charge >= 0.3 is 6.18 Å². The quantitative estimate of drug-likeness (QED) is 0.922. The number of aromatic nitrogens is 1. The van der Waals surface area contributed by atoms with E-state index in [9.17, 15) is 13.2 Å². The number of hydrogen-bond donors (Lipinski definition) is 1. The Hall–Kier alpha value is -1.11. The largest absolute Gasteiger partial charge is 0.416 e. The van der Waals surface area contributed by atoms with Crippen molar-refractivity contribution in [3.05, 3.63) is 17.7 Å². The third-order valence-corrected chi connectivity index (χ3v) is 3.97. The summed E-state index contributed by atoms with van der Waals surface area (Å²) in [5.74, 6) is 2.57. The summed E-state index contributed by atoms with van der Waals surface area (Å²) < 4.78 is 38.9. The molecule has 1 aliphatic rings. The molecule has 0 aromatic carbocycles. The van der Waals surface area contributed by atoms with Gasteiger partial charge in [0.1, 0.15) is 11.6 Å². The Kier molecular flexibility index (Phi) is 5.01. The first kappa shape index (κ1) is 15.3. The van der Waals surface area contributed by atoms with Crippen molar-refractivity contribution in [3.63, 3.8) is 0 Å². The standard InChI is InChI=1S/C13H18F3N3S/c1-2-3-17-11-8-10(13(14,15)16)9-12(18-11)19-4-6-20-7-5-19/h8-9H,2-7H2,1H3,(H,17,18). The van der Waals surface area contributed by atoms with Crippen molar-refractivity contribution >= 4 is 23.4 Å². The van der Waals surface area contributed by atoms with E-state index in [1.807, 2.05) is 23.6 Å². The fourth-order valence-electron chi connectivity index (χ4n) is 1.98. The Morgan fingerprint density at radius 3 is 2.60 bits per heavy atom. The van der Waals surface area contributed by atoms with E-state index in [0.717, 1.165) is 43.1 Å². The minimum atomic E-state index is -4.34. The number of rotatable bonds is 4. The van der Waals surface area contributed by atoms with Gasteiger partial charge in [-0.05, 0) is 18.6 Å². The summed E-state index contributed by atoms with van der Waals surface area (Å²) in [6.07, 6.45) is -3.50. The number of nitrogens with zero attached hydrogens (tertiary/aromatic N) is 2. The highest BCUT2D eigenvalue weighted by Gasteiger charge is 2.32. The number of pyridine rings is 1. The monoisotopic (exact) mass is 305 g/mol. The average Bonchev–Trinajstić information content (AvgIpc) is 2.45. The first-order valence-electron chi connectivity index (χ1n) is 6.66. The fraction of sp³-hybridized carbons (Fsp3) is 0.615. The molecule has 0 aliphatic carbocycles. The minimum Gasteiger partial charge on any atom is -0.370 e. The van der Waals surface area contributed by atoms with Gasteiger partial charge in [-0.25, -0.2) is 4.98 Å². The number of halogens is 3. The van der Waals surface area contributed by atoms with Crippen molar-refractivity contribution in [2.45, 2.75) is 19.5 Å². The van der Waals surface area contributed by atoms with Crippen LogP contribution in [0.2, 0.25) is 0 Å². The van der Waals surface area contributed by atoms with Crippen molar-refractivity contribution in [2.24, 2.45) is 0 Å². The molecule has 0 atom stereocenters. The van der Waals surface area contributed by atoms with Crippen LogP contribution in [-0.4, -0.2) is 36.1 Å². The molecule has 0 saturated carbocycles. The lowest BCUT2D eigenvalue weighted by molar-refractivity contribution is -0.137. The molecule has 0 radical (unpaired) electrons. The number of alkyl halides is 3. The molecule has 1 aromatic heterocycles. The molecule has 1 aromatic rings. The first-order chi connectivity index (χ1) is 9.50. The maximum absolute atomic E-state index is 13.0. The van der Waals surface area contributed by atoms with Gasteiger partial charge in [-0.2, -0.15) is 24.9 Å². The summed E-state index contributed by atoms with van der Waals surface area (Å²) in [6.45, 7) is 4.06. The molecule has 1 fully saturated rings. The van der Waals surface area contributed by atoms with Crippen LogP contribution in [0.4, 0.5) is 24.8 Å². The SMILES string of the molecule is CCCNc1cc(C(F)(F)F)cc(N2CCSCC2)n1. The Morgan fingerprint density at radius 2 is 2.00 bits per heavy atom. The van der Waals surface area contributed by atoms with E-state index in [4.69, 9.17) is 0 Å². The van der Waals surface area contributed by atoms with Crippen LogP contribution in [0.1, 0.15) is 18.9 Å². The van der Waals surface area contributed by atoms with Gasteiger partial charge in [0.05, 0.1) is 5.56 Å². The first-order valence-corrected chi connectivity index (χ1v) is 7.82. The highest BCUT2D eigenvalue weighted by atomic mass is 32.2. The van der Waals surface area contributed by atoms with Crippen molar-refractivity contribution in [1.82, 2.24) is 4.98 Å². The minimum absolute atomic E-state index is 0.301. The summed E-state index contributed by atoms with van der Waals surface area (Å²) in [4.78, 5) is 6.23. The molecule has 0 bridgehead atoms. The van der Waals surface area contributed by atoms with Gasteiger partial charge in [0.15, 0.2) is 0 Å². The zero-order valence-electron chi connectivity index (χ0n) is 11.3. The second kappa shape index (κ2) is 6.56. The molecule has 1 N–H and O–H groups in total. The average molecular weight is 305 g/mol. The van der Waals surface area contributed by atoms with Crippen molar-refractivity contribution in [3.8, 4) is 0 Å². The van der Waals surface area contributed by atoms with E-state index < -0.39 is 11.7 Å². The molecule has 2 heterocycles. The van der Waals surface area contributed by atoms with E-state index in [1.165, 1.54) is 0 Å². The molecule has 3 nitrogen and oxygen atoms in total. The van der Waals surface area contributed by atoms with Crippen LogP contribution in [0.3, 0.4) is 0 Å². The Balaban J connectivity index is 2.29. The molecule has 20 heavy (non-hydrogen) atoms. The summed E-state index contributed by atoms with van der Waals surface area (Å²) >= 11 is 1.81. The molecular weight excluding hydrogens is 287 g/mol. The predicted molar refractivity (Wildman–Crippen MR) is 77.6 cm³/mol. The highest BCUT2D eigenvalue weighted by Crippen LogP contribution is 2.33. The number of thioether (sulfide) groups is 1. The second-order valence-electron chi connectivity index (χ2n) is 4.62. The number of anilines is 2. The van der Waals surface area contributed by atoms with Crippen LogP contribution in [0.5, 0.6) is 0 Å². The number of hydrogen-bond acceptors (Lipinski definition) is 4. The van der Waals surface area contributed by atoms with Crippen molar-refractivity contribution in [2.75, 3.05) is 41.4 Å². The lowest BCUT2D eigenvalue weighted by atomic mass is 10.2. The lowest BCUT2D eigenvalue weighted by Crippen LogP contribution is -2.33. The van der Waals surface area contributed by atoms with Crippen LogP contribution < -0.4 is 10.2 Å². The molecule has 1 saturated heterocycles. The maximum atomic E-state index is 13.0. The van der Waals surface area contributed by atoms with Gasteiger partial charge in [-0.15, -0.1) is 0 Å². The summed E-state index contributed by atoms with van der Waals surface area (Å²) in [6, 6.07) is 2.23. The molecule has 0 amide bonds. The zero-order valence-corrected chi connectivity index (χ0v) is 12.2. The van der Waals surface area contributed by atoms with Gasteiger partial charge in [0.2, 0.25) is 0 Å². The lowest BCUT2D eigenvalue weighted by Gasteiger charge is -2.28. The third kappa shape index (κ3) is 3.94. The van der Waals surface area contributed by atoms with Gasteiger partial charge < -0.3 is 10.2 Å². The Morgan fingerprint density at radius 1 is 1.30 bits per heavy atom. The topological polar surface area (TPSA) is 28.2 Å². The summed E-state index contributed by atoms with van der Waals surface area (Å²) in [5.41, 5.74) is -0.640. The molecule has 2 rings (SSSR count). The van der Waals surface area contributed by atoms with Crippen LogP contribution in [0.15, 0.2) is 12.1 Å². The zero-order chi connectivity index (χ0) is 14.6. The van der Waals surface area contributed by atoms with E-state index in [-0.39, 0.29) is 0 Å². The van der Waals surface area contributed by atoms with Crippen LogP contribution >= 0.6 is 11.8 Å². The molecule has 7 heteroatoms. The molecule has 0 spiro atoms. The Labute approximate surface area is 120 Å². The molecule has 0 unspecified atom stereocenters. The van der Waals surface area contributed by atoms with Gasteiger partial charge in [-0.1, -0.05) is 6.92 Å². The van der Waals surface area contributed by atoms with Gasteiger partial charge in [0.25, 0.3) is 0 Å². The highest BCUT2D eigenvalue weighted by molar-refractivity contribution is 7.99. The smallest absolute Gasteiger partial charge is 0.370 e. The maximum Gasteiger partial charge on any atom is 0.416 e. The van der Waals surface area contributed by atoms with Gasteiger partial charge in [-0.3, -0.25) is 0 Å². The molecule has 1 aliphatic heterocycles. The van der Waals surface area contributed by atoms with E-state index in [0.29, 0.717) is 18.2 Å². The fourth-order valence-corrected chi connectivity index (χ4v) is 2.88. The van der Waals surface area contributed by atoms with Gasteiger partial charge in [0, 0.05) is 31.1 Å². The van der Waals surface area contributed by atoms with Crippen LogP contribution in [0, 0.1) is 0 Å². The van der Waals surface area contributed by atoms with Crippen molar-refractivity contribution < 1.29 is 13.2 Å². The van der Waals surface area contributed by atoms with Crippen LogP contribution in [0.25, 0.3) is 0 Å². The predicted octanol–water partition coefficient (Wildman–Crippen LogP) is 3.48. The summed E-state index contributed by atoms with van der Waals surface area (Å²) in [5, 5.41) is 2.94. The summed E-state index contributed by atoms with van der Waals surface area (Å²) in [7, 11) is 0. The second-order valence-corrected chi connectivity index (χ2v) is 5.85. The molecule has 112 valence electrons. The van der Waals surface area contributed by atoms with E-state index in [2.05, 4.69) is 10.3 Å². The van der Waals surface area contributed by atoms with E-state index in [1.54, 1.807) is 0 Å². The van der Waals surface area contributed by atoms with Crippen LogP contribution in [-0.2, 0) is 6.18 Å². The number of nitrogens with one attached hydrogen (secondary N) is 1.